The minimum absolute atomic E-state index is 0.0361. The van der Waals surface area contributed by atoms with Crippen LogP contribution in [0.4, 0.5) is 17.5 Å². The zero-order valence-electron chi connectivity index (χ0n) is 20.6. The number of aromatic nitrogens is 3. The molecule has 1 aliphatic heterocycles. The Labute approximate surface area is 209 Å². The van der Waals surface area contributed by atoms with Crippen LogP contribution in [0.2, 0.25) is 0 Å². The standard InChI is InChI=1S/C25H33N7O2S/c1-30(2)24(34)23-21(16-6-4-5-7-16)22-19(35-23)13-27-25(29-22)28-20-9-8-17(12-26-20)32-11-10-31(3)18(14-32)15-33/h8-9,12-13,16,18,33H,4-7,10-11,14-15H2,1-3H3,(H,26,27,28,29). The van der Waals surface area contributed by atoms with Crippen molar-refractivity contribution < 1.29 is 9.90 Å². The lowest BCUT2D eigenvalue weighted by atomic mass is 9.96. The van der Waals surface area contributed by atoms with Gasteiger partial charge in [-0.25, -0.2) is 15.0 Å². The van der Waals surface area contributed by atoms with E-state index in [0.29, 0.717) is 17.7 Å². The van der Waals surface area contributed by atoms with Crippen molar-refractivity contribution in [3.8, 4) is 0 Å². The molecule has 0 spiro atoms. The quantitative estimate of drug-likeness (QED) is 0.538. The summed E-state index contributed by atoms with van der Waals surface area (Å²) in [7, 11) is 5.64. The fourth-order valence-corrected chi connectivity index (χ4v) is 6.29. The molecule has 0 aromatic carbocycles. The van der Waals surface area contributed by atoms with Gasteiger partial charge in [0.2, 0.25) is 5.95 Å². The van der Waals surface area contributed by atoms with E-state index in [-0.39, 0.29) is 18.6 Å². The first-order chi connectivity index (χ1) is 16.9. The number of carbonyl (C=O) groups excluding carboxylic acids is 1. The number of piperazine rings is 1. The van der Waals surface area contributed by atoms with Gasteiger partial charge in [0.1, 0.15) is 5.82 Å². The number of pyridine rings is 1. The van der Waals surface area contributed by atoms with E-state index in [4.69, 9.17) is 4.98 Å². The monoisotopic (exact) mass is 495 g/mol. The molecule has 1 saturated heterocycles. The van der Waals surface area contributed by atoms with Gasteiger partial charge in [0.15, 0.2) is 0 Å². The molecule has 4 heterocycles. The van der Waals surface area contributed by atoms with Crippen LogP contribution in [0.25, 0.3) is 10.2 Å². The third-order valence-electron chi connectivity index (χ3n) is 7.17. The Balaban J connectivity index is 1.39. The third-order valence-corrected chi connectivity index (χ3v) is 8.29. The average Bonchev–Trinajstić information content (AvgIpc) is 3.52. The first kappa shape index (κ1) is 23.9. The molecule has 186 valence electrons. The normalized spacial score (nSPS) is 19.4. The van der Waals surface area contributed by atoms with E-state index < -0.39 is 0 Å². The molecular weight excluding hydrogens is 462 g/mol. The number of nitrogens with zero attached hydrogens (tertiary/aromatic N) is 6. The molecule has 2 fully saturated rings. The second-order valence-electron chi connectivity index (χ2n) is 9.72. The zero-order chi connectivity index (χ0) is 24.5. The van der Waals surface area contributed by atoms with Crippen molar-refractivity contribution in [2.45, 2.75) is 37.6 Å². The SMILES string of the molecule is CN(C)C(=O)c1sc2cnc(Nc3ccc(N4CCN(C)C(CO)C4)cn3)nc2c1C1CCCC1. The Bertz CT molecular complexity index is 1190. The van der Waals surface area contributed by atoms with Gasteiger partial charge in [-0.2, -0.15) is 0 Å². The third kappa shape index (κ3) is 4.82. The van der Waals surface area contributed by atoms with Crippen LogP contribution in [0.3, 0.4) is 0 Å². The van der Waals surface area contributed by atoms with E-state index in [2.05, 4.69) is 25.1 Å². The number of amides is 1. The predicted octanol–water partition coefficient (Wildman–Crippen LogP) is 3.30. The summed E-state index contributed by atoms with van der Waals surface area (Å²) in [5, 5.41) is 12.9. The van der Waals surface area contributed by atoms with Gasteiger partial charge < -0.3 is 20.2 Å². The molecule has 5 rings (SSSR count). The van der Waals surface area contributed by atoms with Crippen LogP contribution in [-0.4, -0.2) is 89.2 Å². The minimum Gasteiger partial charge on any atom is -0.395 e. The molecule has 0 bridgehead atoms. The van der Waals surface area contributed by atoms with E-state index in [1.807, 2.05) is 31.6 Å². The summed E-state index contributed by atoms with van der Waals surface area (Å²) < 4.78 is 0.944. The highest BCUT2D eigenvalue weighted by Crippen LogP contribution is 2.43. The Morgan fingerprint density at radius 1 is 1.20 bits per heavy atom. The molecule has 3 aromatic rings. The molecule has 1 atom stereocenters. The highest BCUT2D eigenvalue weighted by Gasteiger charge is 2.29. The van der Waals surface area contributed by atoms with Gasteiger partial charge >= 0.3 is 0 Å². The number of hydrogen-bond acceptors (Lipinski definition) is 9. The lowest BCUT2D eigenvalue weighted by molar-refractivity contribution is 0.0831. The number of nitrogens with one attached hydrogen (secondary N) is 1. The molecule has 2 N–H and O–H groups in total. The maximum atomic E-state index is 12.9. The number of fused-ring (bicyclic) bond motifs is 1. The van der Waals surface area contributed by atoms with Crippen molar-refractivity contribution >= 4 is 44.9 Å². The van der Waals surface area contributed by atoms with Gasteiger partial charge in [0, 0.05) is 39.3 Å². The van der Waals surface area contributed by atoms with Crippen LogP contribution >= 0.6 is 11.3 Å². The van der Waals surface area contributed by atoms with E-state index in [0.717, 1.165) is 58.8 Å². The first-order valence-corrected chi connectivity index (χ1v) is 13.1. The summed E-state index contributed by atoms with van der Waals surface area (Å²) in [5.74, 6) is 1.56. The molecule has 3 aromatic heterocycles. The zero-order valence-corrected chi connectivity index (χ0v) is 21.4. The fourth-order valence-electron chi connectivity index (χ4n) is 5.07. The van der Waals surface area contributed by atoms with Gasteiger partial charge in [-0.05, 0) is 37.9 Å². The highest BCUT2D eigenvalue weighted by atomic mass is 32.1. The Morgan fingerprint density at radius 2 is 2.00 bits per heavy atom. The number of likely N-dealkylation sites (N-methyl/N-ethyl adjacent to an activating group) is 1. The molecule has 35 heavy (non-hydrogen) atoms. The molecule has 1 amide bonds. The van der Waals surface area contributed by atoms with Gasteiger partial charge in [-0.15, -0.1) is 11.3 Å². The topological polar surface area (TPSA) is 97.7 Å². The summed E-state index contributed by atoms with van der Waals surface area (Å²) in [6.07, 6.45) is 8.24. The molecule has 0 radical (unpaired) electrons. The molecule has 9 nitrogen and oxygen atoms in total. The van der Waals surface area contributed by atoms with E-state index in [1.165, 1.54) is 24.2 Å². The Hall–Kier alpha value is -2.82. The first-order valence-electron chi connectivity index (χ1n) is 12.2. The second kappa shape index (κ2) is 10.0. The summed E-state index contributed by atoms with van der Waals surface area (Å²) in [5.41, 5.74) is 3.00. The minimum atomic E-state index is 0.0361. The number of aliphatic hydroxyl groups excluding tert-OH is 1. The summed E-state index contributed by atoms with van der Waals surface area (Å²) in [6.45, 7) is 2.73. The highest BCUT2D eigenvalue weighted by molar-refractivity contribution is 7.21. The van der Waals surface area contributed by atoms with E-state index in [9.17, 15) is 9.90 Å². The van der Waals surface area contributed by atoms with E-state index in [1.54, 1.807) is 19.0 Å². The van der Waals surface area contributed by atoms with Gasteiger partial charge in [0.05, 0.1) is 45.8 Å². The number of anilines is 3. The second-order valence-corrected chi connectivity index (χ2v) is 10.8. The van der Waals surface area contributed by atoms with Crippen LogP contribution in [-0.2, 0) is 0 Å². The number of rotatable bonds is 6. The summed E-state index contributed by atoms with van der Waals surface area (Å²) in [4.78, 5) is 33.8. The largest absolute Gasteiger partial charge is 0.395 e. The molecular formula is C25H33N7O2S. The summed E-state index contributed by atoms with van der Waals surface area (Å²) in [6, 6.07) is 4.10. The fraction of sp³-hybridized carbons (Fsp3) is 0.520. The lowest BCUT2D eigenvalue weighted by Crippen LogP contribution is -2.53. The van der Waals surface area contributed by atoms with Crippen LogP contribution in [0.1, 0.15) is 46.8 Å². The van der Waals surface area contributed by atoms with Gasteiger partial charge in [-0.1, -0.05) is 12.8 Å². The van der Waals surface area contributed by atoms with Crippen LogP contribution < -0.4 is 10.2 Å². The summed E-state index contributed by atoms with van der Waals surface area (Å²) >= 11 is 1.50. The number of thiophene rings is 1. The van der Waals surface area contributed by atoms with Crippen molar-refractivity contribution in [2.75, 3.05) is 57.6 Å². The van der Waals surface area contributed by atoms with Crippen molar-refractivity contribution in [1.29, 1.82) is 0 Å². The van der Waals surface area contributed by atoms with Crippen molar-refractivity contribution in [3.63, 3.8) is 0 Å². The van der Waals surface area contributed by atoms with Crippen LogP contribution in [0.15, 0.2) is 24.5 Å². The van der Waals surface area contributed by atoms with E-state index >= 15 is 0 Å². The number of hydrogen-bond donors (Lipinski definition) is 2. The molecule has 1 aliphatic carbocycles. The molecule has 2 aliphatic rings. The van der Waals surface area contributed by atoms with Gasteiger partial charge in [-0.3, -0.25) is 9.69 Å². The molecule has 1 saturated carbocycles. The van der Waals surface area contributed by atoms with Gasteiger partial charge in [0.25, 0.3) is 5.91 Å². The molecule has 10 heteroatoms. The number of carbonyl (C=O) groups is 1. The predicted molar refractivity (Wildman–Crippen MR) is 140 cm³/mol. The Morgan fingerprint density at radius 3 is 2.69 bits per heavy atom. The van der Waals surface area contributed by atoms with Crippen molar-refractivity contribution in [3.05, 3.63) is 35.0 Å². The maximum Gasteiger partial charge on any atom is 0.263 e. The van der Waals surface area contributed by atoms with Crippen LogP contribution in [0.5, 0.6) is 0 Å². The van der Waals surface area contributed by atoms with Crippen molar-refractivity contribution in [1.82, 2.24) is 24.8 Å². The van der Waals surface area contributed by atoms with Crippen molar-refractivity contribution in [2.24, 2.45) is 0 Å². The number of aliphatic hydroxyl groups is 1. The average molecular weight is 496 g/mol. The lowest BCUT2D eigenvalue weighted by Gasteiger charge is -2.39. The van der Waals surface area contributed by atoms with Crippen LogP contribution in [0, 0.1) is 0 Å². The maximum absolute atomic E-state index is 12.9. The smallest absolute Gasteiger partial charge is 0.263 e. The molecule has 1 unspecified atom stereocenters. The Kier molecular flexibility index (Phi) is 6.86.